The lowest BCUT2D eigenvalue weighted by Gasteiger charge is -2.43. The van der Waals surface area contributed by atoms with Gasteiger partial charge in [0.25, 0.3) is 0 Å². The Labute approximate surface area is 115 Å². The lowest BCUT2D eigenvalue weighted by atomic mass is 9.84. The van der Waals surface area contributed by atoms with E-state index in [1.165, 1.54) is 0 Å². The Morgan fingerprint density at radius 2 is 2.26 bits per heavy atom. The van der Waals surface area contributed by atoms with E-state index < -0.39 is 0 Å². The number of likely N-dealkylation sites (N-methyl/N-ethyl adjacent to an activating group) is 1. The van der Waals surface area contributed by atoms with Gasteiger partial charge in [0.1, 0.15) is 5.82 Å². The van der Waals surface area contributed by atoms with Crippen LogP contribution in [0.5, 0.6) is 0 Å². The molecule has 1 aromatic rings. The number of hydrogen-bond donors (Lipinski definition) is 1. The minimum Gasteiger partial charge on any atom is -0.381 e. The average molecular weight is 267 g/mol. The summed E-state index contributed by atoms with van der Waals surface area (Å²) in [7, 11) is 4.04. The zero-order valence-corrected chi connectivity index (χ0v) is 12.2. The van der Waals surface area contributed by atoms with Gasteiger partial charge in [0.05, 0.1) is 5.60 Å². The number of imidazole rings is 1. The molecule has 0 aliphatic carbocycles. The molecule has 1 N–H and O–H groups in total. The number of hydrogen-bond acceptors (Lipinski definition) is 4. The van der Waals surface area contributed by atoms with E-state index in [1.807, 2.05) is 26.5 Å². The van der Waals surface area contributed by atoms with Crippen LogP contribution in [0.25, 0.3) is 0 Å². The first-order valence-corrected chi connectivity index (χ1v) is 7.07. The van der Waals surface area contributed by atoms with Gasteiger partial charge in [-0.3, -0.25) is 0 Å². The number of ether oxygens (including phenoxy) is 2. The highest BCUT2D eigenvalue weighted by atomic mass is 16.5. The zero-order valence-electron chi connectivity index (χ0n) is 12.2. The third kappa shape index (κ3) is 3.16. The molecule has 1 saturated heterocycles. The summed E-state index contributed by atoms with van der Waals surface area (Å²) in [6, 6.07) is 0.262. The second-order valence-electron chi connectivity index (χ2n) is 5.11. The van der Waals surface area contributed by atoms with Gasteiger partial charge < -0.3 is 19.4 Å². The van der Waals surface area contributed by atoms with Crippen molar-refractivity contribution in [3.63, 3.8) is 0 Å². The van der Waals surface area contributed by atoms with Crippen LogP contribution >= 0.6 is 0 Å². The number of aromatic nitrogens is 2. The second kappa shape index (κ2) is 6.50. The molecule has 1 aliphatic heterocycles. The predicted molar refractivity (Wildman–Crippen MR) is 74.2 cm³/mol. The Kier molecular flexibility index (Phi) is 4.96. The summed E-state index contributed by atoms with van der Waals surface area (Å²) < 4.78 is 13.7. The van der Waals surface area contributed by atoms with Gasteiger partial charge in [-0.05, 0) is 14.0 Å². The Bertz CT molecular complexity index is 380. The molecule has 1 unspecified atom stereocenters. The summed E-state index contributed by atoms with van der Waals surface area (Å²) in [6.45, 7) is 4.35. The normalized spacial score (nSPS) is 20.4. The van der Waals surface area contributed by atoms with Gasteiger partial charge in [0, 0.05) is 64.6 Å². The summed E-state index contributed by atoms with van der Waals surface area (Å²) >= 11 is 0. The van der Waals surface area contributed by atoms with E-state index in [0.29, 0.717) is 0 Å². The Morgan fingerprint density at radius 3 is 2.79 bits per heavy atom. The van der Waals surface area contributed by atoms with Crippen molar-refractivity contribution in [2.75, 3.05) is 26.9 Å². The minimum absolute atomic E-state index is 0.131. The molecule has 5 nitrogen and oxygen atoms in total. The largest absolute Gasteiger partial charge is 0.381 e. The van der Waals surface area contributed by atoms with Gasteiger partial charge in [0.15, 0.2) is 0 Å². The third-order valence-corrected chi connectivity index (χ3v) is 4.06. The topological polar surface area (TPSA) is 48.3 Å². The van der Waals surface area contributed by atoms with E-state index in [-0.39, 0.29) is 11.6 Å². The molecule has 19 heavy (non-hydrogen) atoms. The molecule has 0 aromatic carbocycles. The van der Waals surface area contributed by atoms with Crippen LogP contribution in [0.15, 0.2) is 12.4 Å². The van der Waals surface area contributed by atoms with E-state index in [9.17, 15) is 0 Å². The maximum atomic E-state index is 6.13. The molecule has 1 aromatic heterocycles. The van der Waals surface area contributed by atoms with Crippen molar-refractivity contribution >= 4 is 0 Å². The fourth-order valence-electron chi connectivity index (χ4n) is 2.92. The van der Waals surface area contributed by atoms with Crippen LogP contribution in [0, 0.1) is 0 Å². The van der Waals surface area contributed by atoms with Crippen molar-refractivity contribution in [1.29, 1.82) is 0 Å². The van der Waals surface area contributed by atoms with Crippen LogP contribution in [0.2, 0.25) is 0 Å². The molecule has 0 spiro atoms. The molecule has 1 atom stereocenters. The van der Waals surface area contributed by atoms with Crippen molar-refractivity contribution in [3.05, 3.63) is 18.2 Å². The second-order valence-corrected chi connectivity index (χ2v) is 5.11. The maximum absolute atomic E-state index is 6.13. The van der Waals surface area contributed by atoms with Crippen molar-refractivity contribution in [2.45, 2.75) is 37.8 Å². The predicted octanol–water partition coefficient (Wildman–Crippen LogP) is 1.14. The first-order chi connectivity index (χ1) is 9.22. The van der Waals surface area contributed by atoms with Gasteiger partial charge in [-0.25, -0.2) is 4.98 Å². The van der Waals surface area contributed by atoms with Gasteiger partial charge in [-0.15, -0.1) is 0 Å². The zero-order chi connectivity index (χ0) is 13.7. The standard InChI is InChI=1S/C14H25N3O2/c1-4-19-14(5-9-18-10-6-14)12(15-2)11-13-16-7-8-17(13)3/h7-8,12,15H,4-6,9-11H2,1-3H3. The summed E-state index contributed by atoms with van der Waals surface area (Å²) in [5.74, 6) is 1.09. The van der Waals surface area contributed by atoms with Crippen LogP contribution in [0.4, 0.5) is 0 Å². The molecule has 1 aliphatic rings. The van der Waals surface area contributed by atoms with Gasteiger partial charge >= 0.3 is 0 Å². The van der Waals surface area contributed by atoms with Gasteiger partial charge in [-0.2, -0.15) is 0 Å². The molecule has 2 heterocycles. The molecule has 2 rings (SSSR count). The molecule has 0 radical (unpaired) electrons. The summed E-state index contributed by atoms with van der Waals surface area (Å²) in [4.78, 5) is 4.43. The maximum Gasteiger partial charge on any atom is 0.110 e. The van der Waals surface area contributed by atoms with Crippen molar-refractivity contribution in [2.24, 2.45) is 7.05 Å². The van der Waals surface area contributed by atoms with Crippen LogP contribution < -0.4 is 5.32 Å². The molecular weight excluding hydrogens is 242 g/mol. The lowest BCUT2D eigenvalue weighted by Crippen LogP contribution is -2.55. The number of rotatable bonds is 6. The first-order valence-electron chi connectivity index (χ1n) is 7.07. The summed E-state index contributed by atoms with van der Waals surface area (Å²) in [6.07, 6.45) is 6.59. The van der Waals surface area contributed by atoms with Crippen LogP contribution in [0.3, 0.4) is 0 Å². The Balaban J connectivity index is 2.14. The first kappa shape index (κ1) is 14.5. The van der Waals surface area contributed by atoms with Gasteiger partial charge in [-0.1, -0.05) is 0 Å². The van der Waals surface area contributed by atoms with Crippen LogP contribution in [-0.2, 0) is 22.9 Å². The molecule has 0 bridgehead atoms. The van der Waals surface area contributed by atoms with Crippen LogP contribution in [0.1, 0.15) is 25.6 Å². The fraction of sp³-hybridized carbons (Fsp3) is 0.786. The van der Waals surface area contributed by atoms with Crippen LogP contribution in [-0.4, -0.2) is 48.1 Å². The molecule has 1 fully saturated rings. The monoisotopic (exact) mass is 267 g/mol. The Morgan fingerprint density at radius 1 is 1.53 bits per heavy atom. The summed E-state index contributed by atoms with van der Waals surface area (Å²) in [5, 5.41) is 3.43. The highest BCUT2D eigenvalue weighted by molar-refractivity contribution is 5.02. The smallest absolute Gasteiger partial charge is 0.110 e. The van der Waals surface area contributed by atoms with Gasteiger partial charge in [0.2, 0.25) is 0 Å². The van der Waals surface area contributed by atoms with E-state index in [4.69, 9.17) is 9.47 Å². The van der Waals surface area contributed by atoms with E-state index in [0.717, 1.165) is 44.9 Å². The molecule has 0 saturated carbocycles. The van der Waals surface area contributed by atoms with E-state index in [1.54, 1.807) is 0 Å². The minimum atomic E-state index is -0.131. The number of aryl methyl sites for hydroxylation is 1. The van der Waals surface area contributed by atoms with E-state index in [2.05, 4.69) is 21.8 Å². The molecule has 108 valence electrons. The highest BCUT2D eigenvalue weighted by Gasteiger charge is 2.40. The lowest BCUT2D eigenvalue weighted by molar-refractivity contribution is -0.125. The van der Waals surface area contributed by atoms with E-state index >= 15 is 0 Å². The quantitative estimate of drug-likeness (QED) is 0.839. The fourth-order valence-corrected chi connectivity index (χ4v) is 2.92. The average Bonchev–Trinajstić information content (AvgIpc) is 2.82. The Hall–Kier alpha value is -0.910. The molecular formula is C14H25N3O2. The third-order valence-electron chi connectivity index (χ3n) is 4.06. The molecule has 5 heteroatoms. The number of nitrogens with zero attached hydrogens (tertiary/aromatic N) is 2. The SMILES string of the molecule is CCOC1(C(Cc2nccn2C)NC)CCOCC1. The highest BCUT2D eigenvalue weighted by Crippen LogP contribution is 2.30. The summed E-state index contributed by atoms with van der Waals surface area (Å²) in [5.41, 5.74) is -0.131. The molecule has 0 amide bonds. The van der Waals surface area contributed by atoms with Crippen molar-refractivity contribution < 1.29 is 9.47 Å². The number of nitrogens with one attached hydrogen (secondary N) is 1. The van der Waals surface area contributed by atoms with Crippen molar-refractivity contribution in [1.82, 2.24) is 14.9 Å². The van der Waals surface area contributed by atoms with Crippen molar-refractivity contribution in [3.8, 4) is 0 Å².